The fourth-order valence-corrected chi connectivity index (χ4v) is 3.07. The lowest BCUT2D eigenvalue weighted by molar-refractivity contribution is 0.101. The van der Waals surface area contributed by atoms with Gasteiger partial charge >= 0.3 is 0 Å². The number of ether oxygens (including phenoxy) is 2. The number of anilines is 2. The van der Waals surface area contributed by atoms with Gasteiger partial charge in [0.15, 0.2) is 5.13 Å². The van der Waals surface area contributed by atoms with E-state index in [1.54, 1.807) is 55.0 Å². The molecule has 1 heterocycles. The van der Waals surface area contributed by atoms with Crippen LogP contribution < -0.4 is 20.1 Å². The molecular formula is C20H19N3O4S. The van der Waals surface area contributed by atoms with Crippen LogP contribution >= 0.6 is 11.3 Å². The molecule has 1 aromatic heterocycles. The second-order valence-corrected chi connectivity index (χ2v) is 6.46. The fourth-order valence-electron chi connectivity index (χ4n) is 2.38. The number of nitrogens with one attached hydrogen (secondary N) is 2. The summed E-state index contributed by atoms with van der Waals surface area (Å²) in [6, 6.07) is 13.9. The van der Waals surface area contributed by atoms with Gasteiger partial charge in [-0.25, -0.2) is 4.98 Å². The van der Waals surface area contributed by atoms with E-state index in [2.05, 4.69) is 15.6 Å². The number of methoxy groups -OCH3 is 1. The molecule has 0 radical (unpaired) electrons. The van der Waals surface area contributed by atoms with E-state index in [1.807, 2.05) is 13.0 Å². The lowest BCUT2D eigenvalue weighted by Gasteiger charge is -2.10. The van der Waals surface area contributed by atoms with E-state index in [0.717, 1.165) is 0 Å². The molecule has 0 saturated heterocycles. The lowest BCUT2D eigenvalue weighted by atomic mass is 10.2. The number of hydrogen-bond donors (Lipinski definition) is 2. The molecule has 0 atom stereocenters. The van der Waals surface area contributed by atoms with Gasteiger partial charge in [0.05, 0.1) is 19.4 Å². The number of para-hydroxylation sites is 2. The molecule has 0 saturated carbocycles. The van der Waals surface area contributed by atoms with Gasteiger partial charge in [-0.05, 0) is 43.3 Å². The third-order valence-corrected chi connectivity index (χ3v) is 4.50. The van der Waals surface area contributed by atoms with Gasteiger partial charge in [-0.1, -0.05) is 12.1 Å². The SMILES string of the molecule is CCOc1ccccc1NC(=O)c1csc(NC(=O)c2ccc(OC)cc2)n1. The van der Waals surface area contributed by atoms with Gasteiger partial charge in [0.2, 0.25) is 0 Å². The highest BCUT2D eigenvalue weighted by Crippen LogP contribution is 2.25. The molecular weight excluding hydrogens is 378 g/mol. The van der Waals surface area contributed by atoms with Gasteiger partial charge < -0.3 is 14.8 Å². The van der Waals surface area contributed by atoms with Crippen molar-refractivity contribution in [3.05, 3.63) is 65.2 Å². The number of nitrogens with zero attached hydrogens (tertiary/aromatic N) is 1. The third kappa shape index (κ3) is 4.66. The van der Waals surface area contributed by atoms with Crippen molar-refractivity contribution in [2.24, 2.45) is 0 Å². The smallest absolute Gasteiger partial charge is 0.275 e. The molecule has 2 aromatic carbocycles. The normalized spacial score (nSPS) is 10.2. The number of carbonyl (C=O) groups excluding carboxylic acids is 2. The van der Waals surface area contributed by atoms with E-state index in [9.17, 15) is 9.59 Å². The molecule has 2 N–H and O–H groups in total. The first-order chi connectivity index (χ1) is 13.6. The zero-order chi connectivity index (χ0) is 19.9. The summed E-state index contributed by atoms with van der Waals surface area (Å²) >= 11 is 1.17. The van der Waals surface area contributed by atoms with Gasteiger partial charge in [0.25, 0.3) is 11.8 Å². The maximum atomic E-state index is 12.5. The van der Waals surface area contributed by atoms with Crippen LogP contribution in [-0.4, -0.2) is 30.5 Å². The number of benzene rings is 2. The first-order valence-electron chi connectivity index (χ1n) is 8.54. The molecule has 0 fully saturated rings. The van der Waals surface area contributed by atoms with E-state index < -0.39 is 0 Å². The van der Waals surface area contributed by atoms with Crippen molar-refractivity contribution in [1.29, 1.82) is 0 Å². The topological polar surface area (TPSA) is 89.6 Å². The van der Waals surface area contributed by atoms with Crippen molar-refractivity contribution >= 4 is 34.0 Å². The quantitative estimate of drug-likeness (QED) is 0.628. The molecule has 144 valence electrons. The van der Waals surface area contributed by atoms with Crippen molar-refractivity contribution in [1.82, 2.24) is 4.98 Å². The minimum atomic E-state index is -0.381. The highest BCUT2D eigenvalue weighted by atomic mass is 32.1. The van der Waals surface area contributed by atoms with E-state index >= 15 is 0 Å². The Kier molecular flexibility index (Phi) is 6.23. The molecule has 7 nitrogen and oxygen atoms in total. The Morgan fingerprint density at radius 1 is 1.04 bits per heavy atom. The van der Waals surface area contributed by atoms with Crippen molar-refractivity contribution in [3.63, 3.8) is 0 Å². The van der Waals surface area contributed by atoms with E-state index in [4.69, 9.17) is 9.47 Å². The number of aromatic nitrogens is 1. The Labute approximate surface area is 166 Å². The van der Waals surface area contributed by atoms with Crippen LogP contribution in [0.25, 0.3) is 0 Å². The second kappa shape index (κ2) is 9.01. The predicted molar refractivity (Wildman–Crippen MR) is 109 cm³/mol. The molecule has 2 amide bonds. The van der Waals surface area contributed by atoms with Crippen LogP contribution in [0.2, 0.25) is 0 Å². The molecule has 8 heteroatoms. The summed E-state index contributed by atoms with van der Waals surface area (Å²) in [6.45, 7) is 2.36. The second-order valence-electron chi connectivity index (χ2n) is 5.60. The average Bonchev–Trinajstić information content (AvgIpc) is 3.18. The van der Waals surface area contributed by atoms with E-state index in [-0.39, 0.29) is 17.5 Å². The van der Waals surface area contributed by atoms with Crippen molar-refractivity contribution in [2.45, 2.75) is 6.92 Å². The van der Waals surface area contributed by atoms with Crippen LogP contribution in [0.4, 0.5) is 10.8 Å². The van der Waals surface area contributed by atoms with Crippen LogP contribution in [0.3, 0.4) is 0 Å². The molecule has 0 spiro atoms. The summed E-state index contributed by atoms with van der Waals surface area (Å²) < 4.78 is 10.6. The van der Waals surface area contributed by atoms with Gasteiger partial charge in [0.1, 0.15) is 17.2 Å². The molecule has 0 unspecified atom stereocenters. The summed E-state index contributed by atoms with van der Waals surface area (Å²) in [7, 11) is 1.56. The molecule has 3 aromatic rings. The summed E-state index contributed by atoms with van der Waals surface area (Å²) in [5.41, 5.74) is 1.24. The van der Waals surface area contributed by atoms with Gasteiger partial charge in [-0.3, -0.25) is 14.9 Å². The Balaban J connectivity index is 1.66. The predicted octanol–water partition coefficient (Wildman–Crippen LogP) is 4.06. The number of rotatable bonds is 7. The maximum absolute atomic E-state index is 12.5. The van der Waals surface area contributed by atoms with E-state index in [1.165, 1.54) is 11.3 Å². The molecule has 0 aliphatic rings. The molecule has 0 aliphatic heterocycles. The Hall–Kier alpha value is -3.39. The molecule has 3 rings (SSSR count). The Bertz CT molecular complexity index is 970. The van der Waals surface area contributed by atoms with Gasteiger partial charge in [0, 0.05) is 10.9 Å². The largest absolute Gasteiger partial charge is 0.497 e. The maximum Gasteiger partial charge on any atom is 0.275 e. The number of thiazole rings is 1. The fraction of sp³-hybridized carbons (Fsp3) is 0.150. The zero-order valence-corrected chi connectivity index (χ0v) is 16.2. The minimum Gasteiger partial charge on any atom is -0.497 e. The van der Waals surface area contributed by atoms with Crippen LogP contribution in [-0.2, 0) is 0 Å². The van der Waals surface area contributed by atoms with Crippen molar-refractivity contribution in [2.75, 3.05) is 24.4 Å². The average molecular weight is 397 g/mol. The highest BCUT2D eigenvalue weighted by molar-refractivity contribution is 7.14. The monoisotopic (exact) mass is 397 g/mol. The van der Waals surface area contributed by atoms with Crippen LogP contribution in [0.15, 0.2) is 53.9 Å². The first-order valence-corrected chi connectivity index (χ1v) is 9.42. The van der Waals surface area contributed by atoms with Crippen LogP contribution in [0, 0.1) is 0 Å². The van der Waals surface area contributed by atoms with Crippen molar-refractivity contribution < 1.29 is 19.1 Å². The molecule has 28 heavy (non-hydrogen) atoms. The summed E-state index contributed by atoms with van der Waals surface area (Å²) in [6.07, 6.45) is 0. The van der Waals surface area contributed by atoms with Crippen LogP contribution in [0.5, 0.6) is 11.5 Å². The lowest BCUT2D eigenvalue weighted by Crippen LogP contribution is -2.15. The number of carbonyl (C=O) groups is 2. The minimum absolute atomic E-state index is 0.210. The summed E-state index contributed by atoms with van der Waals surface area (Å²) in [4.78, 5) is 28.9. The molecule has 0 bridgehead atoms. The van der Waals surface area contributed by atoms with Gasteiger partial charge in [-0.2, -0.15) is 0 Å². The highest BCUT2D eigenvalue weighted by Gasteiger charge is 2.15. The number of hydrogen-bond acceptors (Lipinski definition) is 6. The van der Waals surface area contributed by atoms with Crippen LogP contribution in [0.1, 0.15) is 27.8 Å². The third-order valence-electron chi connectivity index (χ3n) is 3.74. The van der Waals surface area contributed by atoms with Crippen molar-refractivity contribution in [3.8, 4) is 11.5 Å². The Morgan fingerprint density at radius 2 is 1.79 bits per heavy atom. The van der Waals surface area contributed by atoms with E-state index in [0.29, 0.717) is 34.5 Å². The summed E-state index contributed by atoms with van der Waals surface area (Å²) in [5, 5.41) is 7.39. The number of amides is 2. The standard InChI is InChI=1S/C20H19N3O4S/c1-3-27-17-7-5-4-6-15(17)21-19(25)16-12-28-20(22-16)23-18(24)13-8-10-14(26-2)11-9-13/h4-12H,3H2,1-2H3,(H,21,25)(H,22,23,24). The molecule has 0 aliphatic carbocycles. The van der Waals surface area contributed by atoms with Gasteiger partial charge in [-0.15, -0.1) is 11.3 Å². The summed E-state index contributed by atoms with van der Waals surface area (Å²) in [5.74, 6) is 0.553. The zero-order valence-electron chi connectivity index (χ0n) is 15.4. The Morgan fingerprint density at radius 3 is 2.50 bits per heavy atom. The first kappa shape index (κ1) is 19.4.